The molecule has 2 rings (SSSR count). The summed E-state index contributed by atoms with van der Waals surface area (Å²) in [5.41, 5.74) is 2.20. The van der Waals surface area contributed by atoms with Gasteiger partial charge >= 0.3 is 0 Å². The molecule has 0 radical (unpaired) electrons. The number of nitrogens with one attached hydrogen (secondary N) is 2. The Bertz CT molecular complexity index is 488. The molecule has 22 heavy (non-hydrogen) atoms. The second-order valence-corrected chi connectivity index (χ2v) is 5.87. The summed E-state index contributed by atoms with van der Waals surface area (Å²) in [6, 6.07) is 6.52. The Morgan fingerprint density at radius 3 is 2.91 bits per heavy atom. The van der Waals surface area contributed by atoms with E-state index in [9.17, 15) is 4.79 Å². The first-order chi connectivity index (χ1) is 10.1. The molecule has 1 aromatic carbocycles. The molecule has 1 saturated heterocycles. The number of carbonyl (C=O) groups is 1. The van der Waals surface area contributed by atoms with Crippen LogP contribution in [0.3, 0.4) is 0 Å². The van der Waals surface area contributed by atoms with Gasteiger partial charge in [0.25, 0.3) is 0 Å². The normalized spacial score (nSPS) is 18.4. The SMILES string of the molecule is COc1ccc(C)cc1C(C)NC(=O)CCC1CCCN1.Cl. The number of ether oxygens (including phenoxy) is 1. The van der Waals surface area contributed by atoms with Crippen molar-refractivity contribution in [1.29, 1.82) is 0 Å². The van der Waals surface area contributed by atoms with Crippen LogP contribution in [0.2, 0.25) is 0 Å². The Hall–Kier alpha value is -1.26. The van der Waals surface area contributed by atoms with E-state index >= 15 is 0 Å². The van der Waals surface area contributed by atoms with Crippen molar-refractivity contribution >= 4 is 18.3 Å². The van der Waals surface area contributed by atoms with Crippen molar-refractivity contribution < 1.29 is 9.53 Å². The zero-order valence-corrected chi connectivity index (χ0v) is 14.5. The van der Waals surface area contributed by atoms with Crippen LogP contribution >= 0.6 is 12.4 Å². The predicted molar refractivity (Wildman–Crippen MR) is 91.8 cm³/mol. The molecule has 0 saturated carbocycles. The lowest BCUT2D eigenvalue weighted by Gasteiger charge is -2.18. The highest BCUT2D eigenvalue weighted by Crippen LogP contribution is 2.26. The molecular formula is C17H27ClN2O2. The topological polar surface area (TPSA) is 50.4 Å². The van der Waals surface area contributed by atoms with Gasteiger partial charge < -0.3 is 15.4 Å². The quantitative estimate of drug-likeness (QED) is 0.844. The molecule has 1 aliphatic heterocycles. The molecule has 4 nitrogen and oxygen atoms in total. The maximum absolute atomic E-state index is 12.1. The molecule has 124 valence electrons. The lowest BCUT2D eigenvalue weighted by molar-refractivity contribution is -0.121. The van der Waals surface area contributed by atoms with Crippen LogP contribution in [0.5, 0.6) is 5.75 Å². The predicted octanol–water partition coefficient (Wildman–Crippen LogP) is 3.13. The van der Waals surface area contributed by atoms with Crippen molar-refractivity contribution in [3.8, 4) is 5.75 Å². The zero-order valence-electron chi connectivity index (χ0n) is 13.6. The maximum atomic E-state index is 12.1. The first-order valence-electron chi connectivity index (χ1n) is 7.77. The number of rotatable bonds is 6. The van der Waals surface area contributed by atoms with Gasteiger partial charge in [0.2, 0.25) is 5.91 Å². The lowest BCUT2D eigenvalue weighted by Crippen LogP contribution is -2.29. The minimum atomic E-state index is -0.0381. The van der Waals surface area contributed by atoms with Crippen LogP contribution in [-0.4, -0.2) is 25.6 Å². The smallest absolute Gasteiger partial charge is 0.220 e. The largest absolute Gasteiger partial charge is 0.496 e. The third kappa shape index (κ3) is 5.18. The van der Waals surface area contributed by atoms with E-state index in [0.717, 1.165) is 24.3 Å². The van der Waals surface area contributed by atoms with Gasteiger partial charge in [0.1, 0.15) is 5.75 Å². The van der Waals surface area contributed by atoms with Crippen LogP contribution in [-0.2, 0) is 4.79 Å². The summed E-state index contributed by atoms with van der Waals surface area (Å²) >= 11 is 0. The molecule has 1 amide bonds. The van der Waals surface area contributed by atoms with Crippen molar-refractivity contribution in [2.24, 2.45) is 0 Å². The number of hydrogen-bond acceptors (Lipinski definition) is 3. The monoisotopic (exact) mass is 326 g/mol. The van der Waals surface area contributed by atoms with Gasteiger partial charge in [0.05, 0.1) is 13.2 Å². The summed E-state index contributed by atoms with van der Waals surface area (Å²) in [7, 11) is 1.66. The van der Waals surface area contributed by atoms with Crippen LogP contribution in [0, 0.1) is 6.92 Å². The van der Waals surface area contributed by atoms with E-state index in [2.05, 4.69) is 16.7 Å². The fourth-order valence-electron chi connectivity index (χ4n) is 2.89. The van der Waals surface area contributed by atoms with Gasteiger partial charge in [-0.15, -0.1) is 12.4 Å². The first-order valence-corrected chi connectivity index (χ1v) is 7.77. The van der Waals surface area contributed by atoms with Gasteiger partial charge in [-0.2, -0.15) is 0 Å². The van der Waals surface area contributed by atoms with E-state index < -0.39 is 0 Å². The Balaban J connectivity index is 0.00000242. The van der Waals surface area contributed by atoms with E-state index in [1.165, 1.54) is 18.4 Å². The van der Waals surface area contributed by atoms with Crippen molar-refractivity contribution in [2.45, 2.75) is 51.6 Å². The highest BCUT2D eigenvalue weighted by Gasteiger charge is 2.17. The van der Waals surface area contributed by atoms with E-state index in [1.807, 2.05) is 26.0 Å². The summed E-state index contributed by atoms with van der Waals surface area (Å²) in [5.74, 6) is 0.936. The number of methoxy groups -OCH3 is 1. The Labute approximate surface area is 139 Å². The zero-order chi connectivity index (χ0) is 15.2. The van der Waals surface area contributed by atoms with Gasteiger partial charge in [-0.3, -0.25) is 4.79 Å². The first kappa shape index (κ1) is 18.8. The summed E-state index contributed by atoms with van der Waals surface area (Å²) < 4.78 is 5.38. The van der Waals surface area contributed by atoms with Crippen molar-refractivity contribution in [2.75, 3.05) is 13.7 Å². The van der Waals surface area contributed by atoms with Gasteiger partial charge in [-0.05, 0) is 45.7 Å². The standard InChI is InChI=1S/C17H26N2O2.ClH/c1-12-6-8-16(21-3)15(11-12)13(2)19-17(20)9-7-14-5-4-10-18-14;/h6,8,11,13-14,18H,4-5,7,9-10H2,1-3H3,(H,19,20);1H. The molecule has 1 aliphatic rings. The van der Waals surface area contributed by atoms with Crippen LogP contribution in [0.4, 0.5) is 0 Å². The highest BCUT2D eigenvalue weighted by atomic mass is 35.5. The summed E-state index contributed by atoms with van der Waals surface area (Å²) in [6.07, 6.45) is 3.91. The molecule has 0 spiro atoms. The third-order valence-electron chi connectivity index (χ3n) is 4.11. The molecule has 5 heteroatoms. The summed E-state index contributed by atoms with van der Waals surface area (Å²) in [5, 5.41) is 6.50. The molecule has 2 N–H and O–H groups in total. The highest BCUT2D eigenvalue weighted by molar-refractivity contribution is 5.85. The second-order valence-electron chi connectivity index (χ2n) is 5.87. The molecule has 0 aromatic heterocycles. The van der Waals surface area contributed by atoms with E-state index in [1.54, 1.807) is 7.11 Å². The number of halogens is 1. The summed E-state index contributed by atoms with van der Waals surface area (Å²) in [6.45, 7) is 5.13. The molecule has 1 heterocycles. The number of amides is 1. The maximum Gasteiger partial charge on any atom is 0.220 e. The van der Waals surface area contributed by atoms with Gasteiger partial charge in [0, 0.05) is 18.0 Å². The second kappa shape index (κ2) is 9.01. The van der Waals surface area contributed by atoms with Crippen LogP contribution in [0.1, 0.15) is 49.8 Å². The van der Waals surface area contributed by atoms with Gasteiger partial charge in [0.15, 0.2) is 0 Å². The number of hydrogen-bond donors (Lipinski definition) is 2. The summed E-state index contributed by atoms with van der Waals surface area (Å²) in [4.78, 5) is 12.1. The Kier molecular flexibility index (Phi) is 7.69. The van der Waals surface area contributed by atoms with Crippen molar-refractivity contribution in [1.82, 2.24) is 10.6 Å². The molecule has 1 aromatic rings. The van der Waals surface area contributed by atoms with Crippen LogP contribution in [0.25, 0.3) is 0 Å². The van der Waals surface area contributed by atoms with Crippen molar-refractivity contribution in [3.05, 3.63) is 29.3 Å². The minimum absolute atomic E-state index is 0. The average molecular weight is 327 g/mol. The Morgan fingerprint density at radius 2 is 2.27 bits per heavy atom. The van der Waals surface area contributed by atoms with Gasteiger partial charge in [-0.1, -0.05) is 17.7 Å². The lowest BCUT2D eigenvalue weighted by atomic mass is 10.0. The minimum Gasteiger partial charge on any atom is -0.496 e. The van der Waals surface area contributed by atoms with Gasteiger partial charge in [-0.25, -0.2) is 0 Å². The molecular weight excluding hydrogens is 300 g/mol. The number of aryl methyl sites for hydroxylation is 1. The van der Waals surface area contributed by atoms with E-state index in [-0.39, 0.29) is 24.4 Å². The van der Waals surface area contributed by atoms with E-state index in [4.69, 9.17) is 4.74 Å². The van der Waals surface area contributed by atoms with Crippen LogP contribution in [0.15, 0.2) is 18.2 Å². The third-order valence-corrected chi connectivity index (χ3v) is 4.11. The molecule has 0 aliphatic carbocycles. The fraction of sp³-hybridized carbons (Fsp3) is 0.588. The molecule has 2 atom stereocenters. The van der Waals surface area contributed by atoms with E-state index in [0.29, 0.717) is 12.5 Å². The molecule has 2 unspecified atom stereocenters. The number of carbonyl (C=O) groups excluding carboxylic acids is 1. The Morgan fingerprint density at radius 1 is 1.50 bits per heavy atom. The molecule has 1 fully saturated rings. The fourth-order valence-corrected chi connectivity index (χ4v) is 2.89. The number of benzene rings is 1. The van der Waals surface area contributed by atoms with Crippen molar-refractivity contribution in [3.63, 3.8) is 0 Å². The molecule has 0 bridgehead atoms. The van der Waals surface area contributed by atoms with Crippen LogP contribution < -0.4 is 15.4 Å². The average Bonchev–Trinajstić information content (AvgIpc) is 2.98.